The van der Waals surface area contributed by atoms with E-state index in [0.717, 1.165) is 18.4 Å². The number of carbonyl (C=O) groups is 1. The second kappa shape index (κ2) is 9.04. The normalized spacial score (nSPS) is 21.9. The lowest BCUT2D eigenvalue weighted by molar-refractivity contribution is -0.0690. The second-order valence-electron chi connectivity index (χ2n) is 9.44. The van der Waals surface area contributed by atoms with Gasteiger partial charge in [0.2, 0.25) is 0 Å². The van der Waals surface area contributed by atoms with Gasteiger partial charge < -0.3 is 19.3 Å². The Bertz CT molecular complexity index is 725. The molecule has 0 spiro atoms. The average molecular weight is 438 g/mol. The van der Waals surface area contributed by atoms with Crippen LogP contribution in [0, 0.1) is 0 Å². The summed E-state index contributed by atoms with van der Waals surface area (Å²) < 4.78 is 21.0. The van der Waals surface area contributed by atoms with Crippen molar-refractivity contribution >= 4 is 17.5 Å². The number of benzene rings is 1. The van der Waals surface area contributed by atoms with Crippen molar-refractivity contribution in [3.63, 3.8) is 0 Å². The van der Waals surface area contributed by atoms with Crippen LogP contribution in [0.2, 0.25) is 0 Å². The summed E-state index contributed by atoms with van der Waals surface area (Å²) in [6.45, 7) is 10.4. The predicted octanol–water partition coefficient (Wildman–Crippen LogP) is 3.10. The third kappa shape index (κ3) is 4.78. The van der Waals surface area contributed by atoms with Gasteiger partial charge in [0.05, 0.1) is 11.6 Å². The summed E-state index contributed by atoms with van der Waals surface area (Å²) >= 11 is -1.13. The van der Waals surface area contributed by atoms with E-state index in [2.05, 4.69) is 40.9 Å². The Morgan fingerprint density at radius 3 is 2.37 bits per heavy atom. The number of amides is 1. The van der Waals surface area contributed by atoms with Crippen LogP contribution in [0.3, 0.4) is 0 Å². The van der Waals surface area contributed by atoms with Gasteiger partial charge in [-0.15, -0.1) is 4.72 Å². The lowest BCUT2D eigenvalue weighted by Crippen LogP contribution is -2.65. The minimum Gasteiger partial charge on any atom is -0.598 e. The molecule has 2 fully saturated rings. The van der Waals surface area contributed by atoms with Crippen LogP contribution in [0.5, 0.6) is 0 Å². The maximum atomic E-state index is 12.4. The van der Waals surface area contributed by atoms with Crippen LogP contribution >= 0.6 is 0 Å². The first-order valence-electron chi connectivity index (χ1n) is 10.6. The fourth-order valence-electron chi connectivity index (χ4n) is 4.25. The molecule has 1 amide bonds. The Morgan fingerprint density at radius 2 is 1.87 bits per heavy atom. The van der Waals surface area contributed by atoms with Gasteiger partial charge in [0.25, 0.3) is 0 Å². The molecule has 7 nitrogen and oxygen atoms in total. The Balaban J connectivity index is 1.76. The molecule has 0 saturated carbocycles. The summed E-state index contributed by atoms with van der Waals surface area (Å²) in [4.78, 5) is 15.0. The van der Waals surface area contributed by atoms with Gasteiger partial charge in [0.15, 0.2) is 0 Å². The number of hydrogen-bond acceptors (Lipinski definition) is 5. The highest BCUT2D eigenvalue weighted by Crippen LogP contribution is 2.40. The number of rotatable bonds is 6. The minimum atomic E-state index is -1.13. The van der Waals surface area contributed by atoms with E-state index < -0.39 is 17.5 Å². The molecule has 2 heterocycles. The fraction of sp³-hybridized carbons (Fsp3) is 0.682. The monoisotopic (exact) mass is 437 g/mol. The number of nitrogens with zero attached hydrogens (tertiary/aromatic N) is 2. The second-order valence-corrected chi connectivity index (χ2v) is 11.4. The van der Waals surface area contributed by atoms with E-state index in [-0.39, 0.29) is 22.4 Å². The summed E-state index contributed by atoms with van der Waals surface area (Å²) in [5, 5.41) is 9.18. The standard InChI is InChI=1S/C22H35N3O4S/c1-16(23-30(28)21(2,3)4)17-6-8-18(9-7-17)22(10-12-29-13-11-22)24(5)19-14-25(15-19)20(26)27/h6-9,16,19,23H,10-15H2,1-5H3,(H,26,27)/t16-,30?/m0/s1. The number of likely N-dealkylation sites (tertiary alicyclic amines) is 1. The van der Waals surface area contributed by atoms with Crippen molar-refractivity contribution in [1.82, 2.24) is 14.5 Å². The van der Waals surface area contributed by atoms with Gasteiger partial charge in [-0.2, -0.15) is 0 Å². The van der Waals surface area contributed by atoms with Gasteiger partial charge >= 0.3 is 6.09 Å². The van der Waals surface area contributed by atoms with Crippen molar-refractivity contribution < 1.29 is 19.2 Å². The van der Waals surface area contributed by atoms with Crippen molar-refractivity contribution in [2.24, 2.45) is 0 Å². The molecule has 0 bridgehead atoms. The maximum Gasteiger partial charge on any atom is 0.407 e. The van der Waals surface area contributed by atoms with Gasteiger partial charge in [-0.25, -0.2) is 4.79 Å². The molecule has 3 rings (SSSR count). The van der Waals surface area contributed by atoms with Crippen molar-refractivity contribution in [2.45, 2.75) is 62.9 Å². The van der Waals surface area contributed by atoms with Crippen molar-refractivity contribution in [3.8, 4) is 0 Å². The van der Waals surface area contributed by atoms with Crippen LogP contribution in [0.25, 0.3) is 0 Å². The molecule has 2 aliphatic rings. The Morgan fingerprint density at radius 1 is 1.30 bits per heavy atom. The van der Waals surface area contributed by atoms with Crippen LogP contribution in [0.1, 0.15) is 57.7 Å². The van der Waals surface area contributed by atoms with Crippen molar-refractivity contribution in [2.75, 3.05) is 33.4 Å². The van der Waals surface area contributed by atoms with Gasteiger partial charge in [-0.3, -0.25) is 4.90 Å². The molecule has 2 N–H and O–H groups in total. The molecule has 0 radical (unpaired) electrons. The molecule has 2 atom stereocenters. The van der Waals surface area contributed by atoms with E-state index in [4.69, 9.17) is 4.74 Å². The molecule has 1 aromatic carbocycles. The van der Waals surface area contributed by atoms with Gasteiger partial charge in [-0.1, -0.05) is 24.3 Å². The summed E-state index contributed by atoms with van der Waals surface area (Å²) in [6, 6.07) is 8.77. The number of ether oxygens (including phenoxy) is 1. The Hall–Kier alpha value is -1.32. The summed E-state index contributed by atoms with van der Waals surface area (Å²) in [6.07, 6.45) is 0.918. The topological polar surface area (TPSA) is 88.1 Å². The third-order valence-electron chi connectivity index (χ3n) is 6.46. The highest BCUT2D eigenvalue weighted by Gasteiger charge is 2.45. The molecular weight excluding hydrogens is 402 g/mol. The fourth-order valence-corrected chi connectivity index (χ4v) is 5.06. The number of nitrogens with one attached hydrogen (secondary N) is 1. The quantitative estimate of drug-likeness (QED) is 0.665. The van der Waals surface area contributed by atoms with E-state index in [9.17, 15) is 14.5 Å². The van der Waals surface area contributed by atoms with E-state index in [1.165, 1.54) is 10.5 Å². The molecule has 30 heavy (non-hydrogen) atoms. The molecule has 1 aromatic rings. The van der Waals surface area contributed by atoms with Gasteiger partial charge in [-0.05, 0) is 58.7 Å². The van der Waals surface area contributed by atoms with Gasteiger partial charge in [0.1, 0.15) is 4.75 Å². The largest absolute Gasteiger partial charge is 0.598 e. The summed E-state index contributed by atoms with van der Waals surface area (Å²) in [5.74, 6) is 0. The summed E-state index contributed by atoms with van der Waals surface area (Å²) in [7, 11) is 2.11. The Kier molecular flexibility index (Phi) is 7.04. The van der Waals surface area contributed by atoms with E-state index >= 15 is 0 Å². The zero-order valence-corrected chi connectivity index (χ0v) is 19.5. The van der Waals surface area contributed by atoms with E-state index in [0.29, 0.717) is 26.3 Å². The first kappa shape index (κ1) is 23.3. The molecule has 8 heteroatoms. The molecule has 1 unspecified atom stereocenters. The molecule has 2 saturated heterocycles. The first-order valence-corrected chi connectivity index (χ1v) is 11.8. The summed E-state index contributed by atoms with van der Waals surface area (Å²) in [5.41, 5.74) is 2.17. The minimum absolute atomic E-state index is 0.0155. The van der Waals surface area contributed by atoms with Crippen molar-refractivity contribution in [3.05, 3.63) is 35.4 Å². The highest BCUT2D eigenvalue weighted by molar-refractivity contribution is 7.90. The lowest BCUT2D eigenvalue weighted by atomic mass is 9.79. The average Bonchev–Trinajstić information content (AvgIpc) is 2.66. The van der Waals surface area contributed by atoms with Crippen LogP contribution in [-0.4, -0.2) is 69.7 Å². The number of likely N-dealkylation sites (N-methyl/N-ethyl adjacent to an activating group) is 1. The highest BCUT2D eigenvalue weighted by atomic mass is 32.2. The predicted molar refractivity (Wildman–Crippen MR) is 119 cm³/mol. The van der Waals surface area contributed by atoms with Crippen LogP contribution in [-0.2, 0) is 21.6 Å². The lowest BCUT2D eigenvalue weighted by Gasteiger charge is -2.53. The first-order chi connectivity index (χ1) is 14.0. The number of hydrogen-bond donors (Lipinski definition) is 2. The smallest absolute Gasteiger partial charge is 0.407 e. The zero-order valence-electron chi connectivity index (χ0n) is 18.7. The molecular formula is C22H35N3O4S. The Labute approximate surface area is 183 Å². The molecule has 0 aliphatic carbocycles. The van der Waals surface area contributed by atoms with E-state index in [1.807, 2.05) is 27.7 Å². The van der Waals surface area contributed by atoms with E-state index in [1.54, 1.807) is 0 Å². The molecule has 0 aromatic heterocycles. The number of carboxylic acid groups (broad SMARTS) is 1. The van der Waals surface area contributed by atoms with Crippen molar-refractivity contribution in [1.29, 1.82) is 0 Å². The zero-order chi connectivity index (χ0) is 22.1. The molecule has 168 valence electrons. The third-order valence-corrected chi connectivity index (χ3v) is 8.14. The maximum absolute atomic E-state index is 12.4. The molecule has 2 aliphatic heterocycles. The SMILES string of the molecule is C[C@H](N[S+]([O-])C(C)(C)C)c1ccc(C2(N(C)C3CN(C(=O)O)C3)CCOCC2)cc1. The van der Waals surface area contributed by atoms with Gasteiger partial charge in [0, 0.05) is 43.7 Å². The van der Waals surface area contributed by atoms with Crippen LogP contribution in [0.15, 0.2) is 24.3 Å². The van der Waals surface area contributed by atoms with Crippen LogP contribution in [0.4, 0.5) is 4.79 Å². The van der Waals surface area contributed by atoms with Crippen LogP contribution < -0.4 is 4.72 Å².